The van der Waals surface area contributed by atoms with Crippen LogP contribution in [0.5, 0.6) is 0 Å². The molecule has 0 amide bonds. The van der Waals surface area contributed by atoms with E-state index in [1.807, 2.05) is 24.3 Å². The predicted octanol–water partition coefficient (Wildman–Crippen LogP) is 6.86. The lowest BCUT2D eigenvalue weighted by molar-refractivity contribution is -0.0297. The van der Waals surface area contributed by atoms with Gasteiger partial charge in [0.05, 0.1) is 11.2 Å². The van der Waals surface area contributed by atoms with Gasteiger partial charge in [-0.05, 0) is 56.5 Å². The molecule has 0 radical (unpaired) electrons. The molecule has 2 rings (SSSR count). The molecule has 1 aliphatic heterocycles. The Hall–Kier alpha value is -1.04. The molecular formula is C25H40BClO4. The quantitative estimate of drug-likeness (QED) is 0.257. The van der Waals surface area contributed by atoms with E-state index in [-0.39, 0.29) is 17.8 Å². The van der Waals surface area contributed by atoms with Crippen LogP contribution < -0.4 is 5.46 Å². The van der Waals surface area contributed by atoms with Gasteiger partial charge in [0.25, 0.3) is 0 Å². The van der Waals surface area contributed by atoms with E-state index >= 15 is 0 Å². The Kier molecular flexibility index (Phi) is 9.91. The number of carbonyl (C=O) groups is 1. The summed E-state index contributed by atoms with van der Waals surface area (Å²) in [5, 5.41) is 0. The molecule has 3 unspecified atom stereocenters. The fourth-order valence-corrected chi connectivity index (χ4v) is 4.59. The molecule has 3 atom stereocenters. The third-order valence-electron chi connectivity index (χ3n) is 7.11. The van der Waals surface area contributed by atoms with Gasteiger partial charge in [-0.25, -0.2) is 4.79 Å². The molecule has 1 saturated heterocycles. The van der Waals surface area contributed by atoms with E-state index in [0.717, 1.165) is 29.8 Å². The minimum Gasteiger partial charge on any atom is -0.449 e. The van der Waals surface area contributed by atoms with Gasteiger partial charge in [-0.2, -0.15) is 0 Å². The Morgan fingerprint density at radius 1 is 1.06 bits per heavy atom. The summed E-state index contributed by atoms with van der Waals surface area (Å²) in [5.74, 6) is 1.42. The third kappa shape index (κ3) is 7.23. The maximum absolute atomic E-state index is 10.8. The highest BCUT2D eigenvalue weighted by molar-refractivity contribution is 6.62. The Bertz CT molecular complexity index is 693. The summed E-state index contributed by atoms with van der Waals surface area (Å²) < 4.78 is 17.8. The molecule has 0 spiro atoms. The van der Waals surface area contributed by atoms with Gasteiger partial charge in [0.15, 0.2) is 0 Å². The summed E-state index contributed by atoms with van der Waals surface area (Å²) in [6.45, 7) is 13.5. The molecule has 1 aromatic rings. The van der Waals surface area contributed by atoms with Crippen molar-refractivity contribution in [1.82, 2.24) is 0 Å². The van der Waals surface area contributed by atoms with Crippen LogP contribution in [0.2, 0.25) is 0 Å². The summed E-state index contributed by atoms with van der Waals surface area (Å²) in [6, 6.07) is 7.77. The minimum absolute atomic E-state index is 0.160. The second kappa shape index (κ2) is 11.7. The van der Waals surface area contributed by atoms with Crippen molar-refractivity contribution >= 4 is 29.6 Å². The largest absolute Gasteiger partial charge is 0.494 e. The van der Waals surface area contributed by atoms with Crippen LogP contribution in [0.1, 0.15) is 92.1 Å². The maximum Gasteiger partial charge on any atom is 0.494 e. The van der Waals surface area contributed by atoms with E-state index in [1.54, 1.807) is 0 Å². The minimum atomic E-state index is -0.797. The van der Waals surface area contributed by atoms with Crippen molar-refractivity contribution in [3.05, 3.63) is 29.8 Å². The summed E-state index contributed by atoms with van der Waals surface area (Å²) >= 11 is 5.24. The van der Waals surface area contributed by atoms with Crippen LogP contribution in [0.3, 0.4) is 0 Å². The van der Waals surface area contributed by atoms with Gasteiger partial charge in [-0.3, -0.25) is 0 Å². The first kappa shape index (κ1) is 26.2. The lowest BCUT2D eigenvalue weighted by atomic mass is 9.75. The number of hydrogen-bond donors (Lipinski definition) is 0. The van der Waals surface area contributed by atoms with Crippen molar-refractivity contribution < 1.29 is 18.8 Å². The Morgan fingerprint density at radius 3 is 2.26 bits per heavy atom. The van der Waals surface area contributed by atoms with Crippen molar-refractivity contribution in [3.8, 4) is 0 Å². The van der Waals surface area contributed by atoms with Crippen molar-refractivity contribution in [1.29, 1.82) is 0 Å². The van der Waals surface area contributed by atoms with Crippen molar-refractivity contribution in [2.45, 2.75) is 104 Å². The number of carbonyl (C=O) groups excluding carboxylic acids is 1. The molecule has 0 aliphatic carbocycles. The number of ether oxygens (including phenoxy) is 1. The monoisotopic (exact) mass is 450 g/mol. The molecule has 6 heteroatoms. The zero-order valence-corrected chi connectivity index (χ0v) is 21.0. The van der Waals surface area contributed by atoms with Crippen LogP contribution in [-0.4, -0.2) is 23.7 Å². The smallest absolute Gasteiger partial charge is 0.449 e. The molecule has 174 valence electrons. The third-order valence-corrected chi connectivity index (χ3v) is 7.22. The van der Waals surface area contributed by atoms with Gasteiger partial charge in [-0.1, -0.05) is 77.1 Å². The Morgan fingerprint density at radius 2 is 1.71 bits per heavy atom. The van der Waals surface area contributed by atoms with Gasteiger partial charge < -0.3 is 14.0 Å². The van der Waals surface area contributed by atoms with Gasteiger partial charge in [-0.15, -0.1) is 0 Å². The standard InChI is InChI=1S/C25H40BClO4/c1-7-10-11-19(8-2)16-20(9-3)17-25(6)24(4,5)30-26(31-25)22-14-12-21(13-15-22)18-29-23(27)28/h12-15,19-20H,7-11,16-18H2,1-6H3. The van der Waals surface area contributed by atoms with Crippen molar-refractivity contribution in [2.75, 3.05) is 0 Å². The first-order chi connectivity index (χ1) is 14.6. The maximum atomic E-state index is 10.8. The van der Waals surface area contributed by atoms with Gasteiger partial charge in [0, 0.05) is 11.6 Å². The van der Waals surface area contributed by atoms with Crippen molar-refractivity contribution in [3.63, 3.8) is 0 Å². The van der Waals surface area contributed by atoms with Crippen LogP contribution >= 0.6 is 11.6 Å². The second-order valence-corrected chi connectivity index (χ2v) is 10.0. The summed E-state index contributed by atoms with van der Waals surface area (Å²) in [7, 11) is -0.399. The lowest BCUT2D eigenvalue weighted by Gasteiger charge is -2.39. The highest BCUT2D eigenvalue weighted by atomic mass is 35.5. The van der Waals surface area contributed by atoms with Crippen molar-refractivity contribution in [2.24, 2.45) is 11.8 Å². The van der Waals surface area contributed by atoms with Crippen LogP contribution in [0.15, 0.2) is 24.3 Å². The highest BCUT2D eigenvalue weighted by Gasteiger charge is 2.54. The zero-order valence-electron chi connectivity index (χ0n) is 20.2. The number of hydrogen-bond acceptors (Lipinski definition) is 4. The number of halogens is 1. The Labute approximate surface area is 194 Å². The first-order valence-electron chi connectivity index (χ1n) is 11.9. The fraction of sp³-hybridized carbons (Fsp3) is 0.720. The number of benzene rings is 1. The van der Waals surface area contributed by atoms with Crippen LogP contribution in [-0.2, 0) is 20.7 Å². The molecule has 0 aromatic heterocycles. The average Bonchev–Trinajstić information content (AvgIpc) is 2.97. The van der Waals surface area contributed by atoms with Crippen LogP contribution in [0, 0.1) is 11.8 Å². The van der Waals surface area contributed by atoms with Gasteiger partial charge in [0.2, 0.25) is 0 Å². The molecule has 1 fully saturated rings. The SMILES string of the molecule is CCCCC(CC)CC(CC)CC1(C)OB(c2ccc(COC(=O)Cl)cc2)OC1(C)C. The topological polar surface area (TPSA) is 44.8 Å². The molecule has 1 aliphatic rings. The van der Waals surface area contributed by atoms with Gasteiger partial charge >= 0.3 is 12.5 Å². The predicted molar refractivity (Wildman–Crippen MR) is 129 cm³/mol. The molecular weight excluding hydrogens is 411 g/mol. The highest BCUT2D eigenvalue weighted by Crippen LogP contribution is 2.43. The molecule has 0 N–H and O–H groups in total. The Balaban J connectivity index is 2.06. The summed E-state index contributed by atoms with van der Waals surface area (Å²) in [6.07, 6.45) is 8.59. The van der Waals surface area contributed by atoms with Gasteiger partial charge in [0.1, 0.15) is 6.61 Å². The van der Waals surface area contributed by atoms with E-state index in [2.05, 4.69) is 41.5 Å². The average molecular weight is 451 g/mol. The normalized spacial score (nSPS) is 22.4. The molecule has 4 nitrogen and oxygen atoms in total. The zero-order chi connectivity index (χ0) is 23.1. The summed E-state index contributed by atoms with van der Waals surface area (Å²) in [4.78, 5) is 10.8. The van der Waals surface area contributed by atoms with E-state index in [4.69, 9.17) is 25.6 Å². The van der Waals surface area contributed by atoms with E-state index in [9.17, 15) is 4.79 Å². The molecule has 1 heterocycles. The molecule has 0 bridgehead atoms. The number of rotatable bonds is 12. The van der Waals surface area contributed by atoms with Crippen LogP contribution in [0.4, 0.5) is 4.79 Å². The lowest BCUT2D eigenvalue weighted by Crippen LogP contribution is -2.46. The number of unbranched alkanes of at least 4 members (excludes halogenated alkanes) is 1. The fourth-order valence-electron chi connectivity index (χ4n) is 4.53. The first-order valence-corrected chi connectivity index (χ1v) is 12.3. The second-order valence-electron chi connectivity index (χ2n) is 9.71. The molecule has 1 aromatic carbocycles. The summed E-state index contributed by atoms with van der Waals surface area (Å²) in [5.41, 5.74) is 0.313. The van der Waals surface area contributed by atoms with E-state index < -0.39 is 12.5 Å². The molecule has 31 heavy (non-hydrogen) atoms. The van der Waals surface area contributed by atoms with E-state index in [1.165, 1.54) is 32.1 Å². The molecule has 0 saturated carbocycles. The van der Waals surface area contributed by atoms with E-state index in [0.29, 0.717) is 5.92 Å². The van der Waals surface area contributed by atoms with Crippen LogP contribution in [0.25, 0.3) is 0 Å².